The molecule has 0 bridgehead atoms. The van der Waals surface area contributed by atoms with Crippen LogP contribution in [0.3, 0.4) is 0 Å². The lowest BCUT2D eigenvalue weighted by Crippen LogP contribution is -2.30. The number of hydrogen-bond donors (Lipinski definition) is 1. The minimum Gasteiger partial charge on any atom is -0.467 e. The Kier molecular flexibility index (Phi) is 6.20. The molecule has 0 saturated heterocycles. The number of esters is 1. The van der Waals surface area contributed by atoms with Gasteiger partial charge in [-0.2, -0.15) is 0 Å². The summed E-state index contributed by atoms with van der Waals surface area (Å²) in [7, 11) is 0. The second-order valence-corrected chi connectivity index (χ2v) is 7.09. The van der Waals surface area contributed by atoms with Gasteiger partial charge in [-0.1, -0.05) is 12.1 Å². The van der Waals surface area contributed by atoms with Crippen molar-refractivity contribution in [2.45, 2.75) is 40.3 Å². The van der Waals surface area contributed by atoms with Crippen molar-refractivity contribution in [3.63, 3.8) is 0 Å². The topological polar surface area (TPSA) is 90.5 Å². The predicted octanol–water partition coefficient (Wildman–Crippen LogP) is 4.13. The van der Waals surface area contributed by atoms with Gasteiger partial charge >= 0.3 is 5.97 Å². The fourth-order valence-corrected chi connectivity index (χ4v) is 3.22. The van der Waals surface area contributed by atoms with E-state index in [0.717, 1.165) is 17.1 Å². The fraction of sp³-hybridized carbons (Fsp3) is 0.261. The summed E-state index contributed by atoms with van der Waals surface area (Å²) in [6, 6.07) is 12.1. The van der Waals surface area contributed by atoms with Crippen LogP contribution in [0.15, 0.2) is 53.1 Å². The molecule has 3 aromatic rings. The van der Waals surface area contributed by atoms with Gasteiger partial charge in [0.05, 0.1) is 24.1 Å². The van der Waals surface area contributed by atoms with E-state index in [1.807, 2.05) is 30.5 Å². The third-order valence-corrected chi connectivity index (χ3v) is 4.90. The summed E-state index contributed by atoms with van der Waals surface area (Å²) in [5.74, 6) is -0.495. The van der Waals surface area contributed by atoms with Gasteiger partial charge in [0.2, 0.25) is 0 Å². The maximum absolute atomic E-state index is 12.7. The molecule has 1 amide bonds. The van der Waals surface area contributed by atoms with Crippen molar-refractivity contribution in [3.8, 4) is 0 Å². The number of aryl methyl sites for hydroxylation is 1. The van der Waals surface area contributed by atoms with E-state index in [-0.39, 0.29) is 5.78 Å². The Labute approximate surface area is 174 Å². The molecule has 7 nitrogen and oxygen atoms in total. The van der Waals surface area contributed by atoms with Crippen LogP contribution in [-0.4, -0.2) is 28.3 Å². The molecule has 0 saturated carbocycles. The van der Waals surface area contributed by atoms with Crippen molar-refractivity contribution in [3.05, 3.63) is 77.0 Å². The molecule has 0 fully saturated rings. The molecule has 0 spiro atoms. The Morgan fingerprint density at radius 2 is 1.83 bits per heavy atom. The van der Waals surface area contributed by atoms with Crippen LogP contribution in [0.25, 0.3) is 0 Å². The first-order chi connectivity index (χ1) is 14.3. The van der Waals surface area contributed by atoms with E-state index < -0.39 is 18.0 Å². The molecule has 30 heavy (non-hydrogen) atoms. The standard InChI is InChI=1S/C23H24N2O5/c1-14-12-20(15(2)25(14)13-18-8-7-11-29-18)23(28)30-17(4)22(27)24-21-10-6-5-9-19(21)16(3)26/h5-12,17H,13H2,1-4H3,(H,24,27)/t17-/m0/s1. The Morgan fingerprint density at radius 3 is 2.50 bits per heavy atom. The average molecular weight is 408 g/mol. The minimum absolute atomic E-state index is 0.167. The number of ether oxygens (including phenoxy) is 1. The number of Topliss-reactive ketones (excluding diaryl/α,β-unsaturated/α-hetero) is 1. The largest absolute Gasteiger partial charge is 0.467 e. The Hall–Kier alpha value is -3.61. The molecule has 156 valence electrons. The Balaban J connectivity index is 1.70. The highest BCUT2D eigenvalue weighted by Crippen LogP contribution is 2.20. The molecule has 1 aromatic carbocycles. The van der Waals surface area contributed by atoms with Crippen LogP contribution in [0, 0.1) is 13.8 Å². The van der Waals surface area contributed by atoms with Gasteiger partial charge in [0, 0.05) is 17.0 Å². The van der Waals surface area contributed by atoms with E-state index in [0.29, 0.717) is 23.4 Å². The van der Waals surface area contributed by atoms with Crippen molar-refractivity contribution in [1.82, 2.24) is 4.57 Å². The number of rotatable bonds is 7. The average Bonchev–Trinajstić information content (AvgIpc) is 3.32. The van der Waals surface area contributed by atoms with E-state index >= 15 is 0 Å². The van der Waals surface area contributed by atoms with Gasteiger partial charge < -0.3 is 19.0 Å². The second-order valence-electron chi connectivity index (χ2n) is 7.09. The van der Waals surface area contributed by atoms with Crippen LogP contribution >= 0.6 is 0 Å². The number of carbonyl (C=O) groups excluding carboxylic acids is 3. The monoisotopic (exact) mass is 408 g/mol. The van der Waals surface area contributed by atoms with E-state index in [4.69, 9.17) is 9.15 Å². The number of carbonyl (C=O) groups is 3. The zero-order valence-electron chi connectivity index (χ0n) is 17.4. The molecular weight excluding hydrogens is 384 g/mol. The molecule has 1 N–H and O–H groups in total. The normalized spacial score (nSPS) is 11.7. The molecule has 7 heteroatoms. The number of amides is 1. The number of ketones is 1. The van der Waals surface area contributed by atoms with E-state index in [1.54, 1.807) is 36.6 Å². The number of anilines is 1. The molecule has 0 aliphatic carbocycles. The number of benzene rings is 1. The SMILES string of the molecule is CC(=O)c1ccccc1NC(=O)[C@H](C)OC(=O)c1cc(C)n(Cc2ccco2)c1C. The third kappa shape index (κ3) is 4.51. The van der Waals surface area contributed by atoms with Crippen LogP contribution in [0.4, 0.5) is 5.69 Å². The van der Waals surface area contributed by atoms with Crippen molar-refractivity contribution >= 4 is 23.3 Å². The number of nitrogens with zero attached hydrogens (tertiary/aromatic N) is 1. The molecule has 0 aliphatic rings. The number of nitrogens with one attached hydrogen (secondary N) is 1. The maximum Gasteiger partial charge on any atom is 0.340 e. The van der Waals surface area contributed by atoms with Crippen molar-refractivity contribution < 1.29 is 23.5 Å². The predicted molar refractivity (Wildman–Crippen MR) is 112 cm³/mol. The molecule has 0 unspecified atom stereocenters. The highest BCUT2D eigenvalue weighted by Gasteiger charge is 2.23. The van der Waals surface area contributed by atoms with Crippen LogP contribution in [-0.2, 0) is 16.1 Å². The summed E-state index contributed by atoms with van der Waals surface area (Å²) in [5, 5.41) is 2.65. The first kappa shape index (κ1) is 21.1. The van der Waals surface area contributed by atoms with E-state index in [2.05, 4.69) is 5.32 Å². The maximum atomic E-state index is 12.7. The molecule has 0 aliphatic heterocycles. The highest BCUT2D eigenvalue weighted by molar-refractivity contribution is 6.05. The third-order valence-electron chi connectivity index (χ3n) is 4.90. The summed E-state index contributed by atoms with van der Waals surface area (Å²) >= 11 is 0. The number of para-hydroxylation sites is 1. The van der Waals surface area contributed by atoms with Gasteiger partial charge in [0.15, 0.2) is 11.9 Å². The highest BCUT2D eigenvalue weighted by atomic mass is 16.5. The number of furan rings is 1. The first-order valence-corrected chi connectivity index (χ1v) is 9.59. The van der Waals surface area contributed by atoms with Crippen molar-refractivity contribution in [2.75, 3.05) is 5.32 Å². The Morgan fingerprint density at radius 1 is 1.10 bits per heavy atom. The lowest BCUT2D eigenvalue weighted by atomic mass is 10.1. The van der Waals surface area contributed by atoms with Crippen LogP contribution in [0.1, 0.15) is 51.7 Å². The zero-order chi connectivity index (χ0) is 21.8. The zero-order valence-corrected chi connectivity index (χ0v) is 17.4. The lowest BCUT2D eigenvalue weighted by molar-refractivity contribution is -0.123. The molecule has 2 heterocycles. The quantitative estimate of drug-likeness (QED) is 0.469. The molecule has 2 aromatic heterocycles. The smallest absolute Gasteiger partial charge is 0.340 e. The second kappa shape index (κ2) is 8.82. The van der Waals surface area contributed by atoms with Gasteiger partial charge in [-0.3, -0.25) is 9.59 Å². The summed E-state index contributed by atoms with van der Waals surface area (Å²) in [5.41, 5.74) is 2.77. The summed E-state index contributed by atoms with van der Waals surface area (Å²) < 4.78 is 12.7. The lowest BCUT2D eigenvalue weighted by Gasteiger charge is -2.15. The van der Waals surface area contributed by atoms with Crippen LogP contribution < -0.4 is 5.32 Å². The fourth-order valence-electron chi connectivity index (χ4n) is 3.22. The van der Waals surface area contributed by atoms with Gasteiger partial charge in [-0.25, -0.2) is 4.79 Å². The van der Waals surface area contributed by atoms with E-state index in [9.17, 15) is 14.4 Å². The van der Waals surface area contributed by atoms with Crippen molar-refractivity contribution in [1.29, 1.82) is 0 Å². The molecular formula is C23H24N2O5. The summed E-state index contributed by atoms with van der Waals surface area (Å²) in [4.78, 5) is 36.9. The van der Waals surface area contributed by atoms with Gasteiger partial charge in [0.1, 0.15) is 5.76 Å². The van der Waals surface area contributed by atoms with Crippen molar-refractivity contribution in [2.24, 2.45) is 0 Å². The number of aromatic nitrogens is 1. The summed E-state index contributed by atoms with van der Waals surface area (Å²) in [6.07, 6.45) is 0.564. The number of hydrogen-bond acceptors (Lipinski definition) is 5. The molecule has 0 radical (unpaired) electrons. The summed E-state index contributed by atoms with van der Waals surface area (Å²) in [6.45, 7) is 7.12. The van der Waals surface area contributed by atoms with E-state index in [1.165, 1.54) is 13.8 Å². The van der Waals surface area contributed by atoms with Crippen LogP contribution in [0.2, 0.25) is 0 Å². The molecule has 3 rings (SSSR count). The molecule has 1 atom stereocenters. The first-order valence-electron chi connectivity index (χ1n) is 9.59. The van der Waals surface area contributed by atoms with Gasteiger partial charge in [0.25, 0.3) is 5.91 Å². The van der Waals surface area contributed by atoms with Gasteiger partial charge in [-0.15, -0.1) is 0 Å². The Bertz CT molecular complexity index is 1080. The van der Waals surface area contributed by atoms with Gasteiger partial charge in [-0.05, 0) is 58.0 Å². The van der Waals surface area contributed by atoms with Crippen LogP contribution in [0.5, 0.6) is 0 Å². The minimum atomic E-state index is -1.04.